The van der Waals surface area contributed by atoms with Gasteiger partial charge in [-0.25, -0.2) is 4.68 Å². The van der Waals surface area contributed by atoms with Gasteiger partial charge in [0.1, 0.15) is 0 Å². The molecule has 0 spiro atoms. The number of carboxylic acids is 1. The van der Waals surface area contributed by atoms with Gasteiger partial charge in [0.15, 0.2) is 5.82 Å². The topological polar surface area (TPSA) is 80.9 Å². The third-order valence-corrected chi connectivity index (χ3v) is 3.81. The Balaban J connectivity index is 1.79. The van der Waals surface area contributed by atoms with Crippen LogP contribution in [0.15, 0.2) is 24.3 Å². The number of rotatable bonds is 5. The molecule has 0 atom stereocenters. The van der Waals surface area contributed by atoms with Crippen molar-refractivity contribution in [1.29, 1.82) is 0 Å². The average Bonchev–Trinajstić information content (AvgIpc) is 3.06. The third-order valence-electron chi connectivity index (χ3n) is 3.81. The second-order valence-corrected chi connectivity index (χ2v) is 5.50. The molecule has 0 aliphatic heterocycles. The summed E-state index contributed by atoms with van der Waals surface area (Å²) in [7, 11) is 0. The van der Waals surface area contributed by atoms with E-state index in [0.717, 1.165) is 5.56 Å². The number of nitrogens with zero attached hydrogens (tertiary/aromatic N) is 4. The van der Waals surface area contributed by atoms with Crippen molar-refractivity contribution in [3.63, 3.8) is 0 Å². The number of aromatic nitrogens is 4. The van der Waals surface area contributed by atoms with Gasteiger partial charge >= 0.3 is 5.97 Å². The molecule has 1 aromatic carbocycles. The second-order valence-electron chi connectivity index (χ2n) is 5.50. The van der Waals surface area contributed by atoms with Crippen molar-refractivity contribution in [2.45, 2.75) is 32.7 Å². The van der Waals surface area contributed by atoms with E-state index in [-0.39, 0.29) is 0 Å². The van der Waals surface area contributed by atoms with Gasteiger partial charge in [-0.2, -0.15) is 0 Å². The van der Waals surface area contributed by atoms with Gasteiger partial charge in [0.2, 0.25) is 0 Å². The fourth-order valence-electron chi connectivity index (χ4n) is 2.35. The summed E-state index contributed by atoms with van der Waals surface area (Å²) in [6, 6.07) is 8.15. The number of tetrazole rings is 1. The van der Waals surface area contributed by atoms with Crippen LogP contribution >= 0.6 is 0 Å². The number of benzene rings is 1. The standard InChI is InChI=1S/C14H16N4O2/c1-10-3-2-4-11(7-10)8-12-15-16-17-18(12)9-14(5-6-14)13(19)20/h2-4,7H,5-6,8-9H2,1H3,(H,19,20). The summed E-state index contributed by atoms with van der Waals surface area (Å²) >= 11 is 0. The molecule has 0 amide bonds. The maximum absolute atomic E-state index is 11.2. The minimum Gasteiger partial charge on any atom is -0.481 e. The van der Waals surface area contributed by atoms with Crippen LogP contribution in [0.25, 0.3) is 0 Å². The Morgan fingerprint density at radius 3 is 2.90 bits per heavy atom. The van der Waals surface area contributed by atoms with Crippen LogP contribution in [-0.2, 0) is 17.8 Å². The highest BCUT2D eigenvalue weighted by Gasteiger charge is 2.51. The summed E-state index contributed by atoms with van der Waals surface area (Å²) in [6.07, 6.45) is 2.02. The van der Waals surface area contributed by atoms with Crippen LogP contribution < -0.4 is 0 Å². The zero-order valence-electron chi connectivity index (χ0n) is 11.3. The molecule has 1 fully saturated rings. The molecule has 1 N–H and O–H groups in total. The van der Waals surface area contributed by atoms with E-state index in [1.54, 1.807) is 4.68 Å². The van der Waals surface area contributed by atoms with Crippen LogP contribution in [0.4, 0.5) is 0 Å². The van der Waals surface area contributed by atoms with Crippen molar-refractivity contribution in [2.75, 3.05) is 0 Å². The van der Waals surface area contributed by atoms with Crippen molar-refractivity contribution in [2.24, 2.45) is 5.41 Å². The fourth-order valence-corrected chi connectivity index (χ4v) is 2.35. The second kappa shape index (κ2) is 4.70. The van der Waals surface area contributed by atoms with E-state index >= 15 is 0 Å². The first-order valence-corrected chi connectivity index (χ1v) is 6.63. The van der Waals surface area contributed by atoms with Gasteiger partial charge in [-0.3, -0.25) is 4.79 Å². The van der Waals surface area contributed by atoms with Gasteiger partial charge < -0.3 is 5.11 Å². The molecule has 3 rings (SSSR count). The molecule has 2 aromatic rings. The smallest absolute Gasteiger partial charge is 0.311 e. The summed E-state index contributed by atoms with van der Waals surface area (Å²) in [5.74, 6) is -0.0439. The Morgan fingerprint density at radius 1 is 1.45 bits per heavy atom. The van der Waals surface area contributed by atoms with Gasteiger partial charge in [0.25, 0.3) is 0 Å². The quantitative estimate of drug-likeness (QED) is 0.890. The predicted molar refractivity (Wildman–Crippen MR) is 71.1 cm³/mol. The third kappa shape index (κ3) is 2.41. The normalized spacial score (nSPS) is 16.1. The minimum atomic E-state index is -0.755. The van der Waals surface area contributed by atoms with Crippen molar-refractivity contribution >= 4 is 5.97 Å². The van der Waals surface area contributed by atoms with Crippen LogP contribution in [-0.4, -0.2) is 31.3 Å². The Hall–Kier alpha value is -2.24. The van der Waals surface area contributed by atoms with Crippen LogP contribution in [0.3, 0.4) is 0 Å². The molecular formula is C14H16N4O2. The summed E-state index contributed by atoms with van der Waals surface area (Å²) in [4.78, 5) is 11.2. The van der Waals surface area contributed by atoms with Crippen LogP contribution in [0.2, 0.25) is 0 Å². The van der Waals surface area contributed by atoms with E-state index in [9.17, 15) is 9.90 Å². The highest BCUT2D eigenvalue weighted by Crippen LogP contribution is 2.47. The molecule has 1 aliphatic carbocycles. The molecule has 1 aromatic heterocycles. The van der Waals surface area contributed by atoms with E-state index in [1.165, 1.54) is 5.56 Å². The fraction of sp³-hybridized carbons (Fsp3) is 0.429. The Kier molecular flexibility index (Phi) is 3.00. The lowest BCUT2D eigenvalue weighted by Crippen LogP contribution is -2.23. The lowest BCUT2D eigenvalue weighted by Gasteiger charge is -2.10. The zero-order chi connectivity index (χ0) is 14.2. The van der Waals surface area contributed by atoms with Crippen molar-refractivity contribution in [3.8, 4) is 0 Å². The van der Waals surface area contributed by atoms with Gasteiger partial charge in [0, 0.05) is 6.42 Å². The molecular weight excluding hydrogens is 256 g/mol. The van der Waals surface area contributed by atoms with Gasteiger partial charge in [-0.05, 0) is 35.8 Å². The molecule has 20 heavy (non-hydrogen) atoms. The molecule has 104 valence electrons. The molecule has 0 saturated heterocycles. The monoisotopic (exact) mass is 272 g/mol. The van der Waals surface area contributed by atoms with E-state index in [2.05, 4.69) is 21.6 Å². The van der Waals surface area contributed by atoms with Crippen LogP contribution in [0.5, 0.6) is 0 Å². The summed E-state index contributed by atoms with van der Waals surface area (Å²) in [5.41, 5.74) is 1.66. The van der Waals surface area contributed by atoms with Crippen molar-refractivity contribution in [3.05, 3.63) is 41.2 Å². The number of hydrogen-bond acceptors (Lipinski definition) is 4. The SMILES string of the molecule is Cc1cccc(Cc2nnnn2CC2(C(=O)O)CC2)c1. The van der Waals surface area contributed by atoms with Gasteiger partial charge in [-0.1, -0.05) is 29.8 Å². The summed E-state index contributed by atoms with van der Waals surface area (Å²) in [6.45, 7) is 2.40. The highest BCUT2D eigenvalue weighted by atomic mass is 16.4. The Morgan fingerprint density at radius 2 is 2.25 bits per heavy atom. The summed E-state index contributed by atoms with van der Waals surface area (Å²) < 4.78 is 1.63. The number of carboxylic acid groups (broad SMARTS) is 1. The summed E-state index contributed by atoms with van der Waals surface area (Å²) in [5, 5.41) is 20.9. The maximum Gasteiger partial charge on any atom is 0.311 e. The van der Waals surface area contributed by atoms with Crippen LogP contribution in [0, 0.1) is 12.3 Å². The van der Waals surface area contributed by atoms with Gasteiger partial charge in [-0.15, -0.1) is 5.10 Å². The largest absolute Gasteiger partial charge is 0.481 e. The molecule has 0 bridgehead atoms. The first-order valence-electron chi connectivity index (χ1n) is 6.63. The number of carbonyl (C=O) groups is 1. The Labute approximate surface area is 116 Å². The number of aliphatic carboxylic acids is 1. The first kappa shape index (κ1) is 12.8. The van der Waals surface area contributed by atoms with Gasteiger partial charge in [0.05, 0.1) is 12.0 Å². The predicted octanol–water partition coefficient (Wildman–Crippen LogP) is 1.44. The van der Waals surface area contributed by atoms with Crippen LogP contribution in [0.1, 0.15) is 29.8 Å². The first-order chi connectivity index (χ1) is 9.59. The Bertz CT molecular complexity index is 646. The average molecular weight is 272 g/mol. The molecule has 1 aliphatic rings. The number of aryl methyl sites for hydroxylation is 1. The molecule has 1 heterocycles. The molecule has 0 radical (unpaired) electrons. The minimum absolute atomic E-state index is 0.358. The van der Waals surface area contributed by atoms with E-state index in [4.69, 9.17) is 0 Å². The van der Waals surface area contributed by atoms with E-state index < -0.39 is 11.4 Å². The highest BCUT2D eigenvalue weighted by molar-refractivity contribution is 5.77. The van der Waals surface area contributed by atoms with E-state index in [0.29, 0.717) is 31.6 Å². The molecule has 1 saturated carbocycles. The maximum atomic E-state index is 11.2. The lowest BCUT2D eigenvalue weighted by atomic mass is 10.1. The number of hydrogen-bond donors (Lipinski definition) is 1. The molecule has 0 unspecified atom stereocenters. The lowest BCUT2D eigenvalue weighted by molar-refractivity contribution is -0.144. The van der Waals surface area contributed by atoms with Crippen molar-refractivity contribution < 1.29 is 9.90 Å². The molecule has 6 nitrogen and oxygen atoms in total. The molecule has 6 heteroatoms. The zero-order valence-corrected chi connectivity index (χ0v) is 11.3. The van der Waals surface area contributed by atoms with E-state index in [1.807, 2.05) is 25.1 Å². The van der Waals surface area contributed by atoms with Crippen molar-refractivity contribution in [1.82, 2.24) is 20.2 Å².